The number of methoxy groups -OCH3 is 2. The van der Waals surface area contributed by atoms with Crippen LogP contribution in [0, 0.1) is 5.82 Å². The maximum Gasteiger partial charge on any atom is 0.337 e. The van der Waals surface area contributed by atoms with E-state index in [1.807, 2.05) is 0 Å². The van der Waals surface area contributed by atoms with Crippen molar-refractivity contribution in [3.8, 4) is 0 Å². The summed E-state index contributed by atoms with van der Waals surface area (Å²) in [4.78, 5) is 36.0. The molecule has 0 bridgehead atoms. The predicted molar refractivity (Wildman–Crippen MR) is 111 cm³/mol. The van der Waals surface area contributed by atoms with Crippen LogP contribution in [0.4, 0.5) is 10.1 Å². The molecule has 0 radical (unpaired) electrons. The zero-order valence-corrected chi connectivity index (χ0v) is 18.2. The van der Waals surface area contributed by atoms with E-state index in [1.165, 1.54) is 22.5 Å². The van der Waals surface area contributed by atoms with E-state index in [2.05, 4.69) is 14.8 Å². The van der Waals surface area contributed by atoms with E-state index in [0.29, 0.717) is 12.8 Å². The minimum atomic E-state index is -4.08. The zero-order valence-electron chi connectivity index (χ0n) is 17.4. The van der Waals surface area contributed by atoms with Gasteiger partial charge in [-0.1, -0.05) is 0 Å². The Kier molecular flexibility index (Phi) is 6.90. The first-order valence-corrected chi connectivity index (χ1v) is 11.0. The van der Waals surface area contributed by atoms with E-state index < -0.39 is 38.6 Å². The molecule has 1 N–H and O–H groups in total. The average molecular weight is 464 g/mol. The second kappa shape index (κ2) is 9.45. The Morgan fingerprint density at radius 3 is 2.00 bits per heavy atom. The van der Waals surface area contributed by atoms with Gasteiger partial charge in [0.1, 0.15) is 10.7 Å². The second-order valence-electron chi connectivity index (χ2n) is 6.99. The Morgan fingerprint density at radius 2 is 1.47 bits per heavy atom. The lowest BCUT2D eigenvalue weighted by atomic mass is 10.1. The quantitative estimate of drug-likeness (QED) is 0.652. The van der Waals surface area contributed by atoms with Gasteiger partial charge in [-0.3, -0.25) is 4.79 Å². The highest BCUT2D eigenvalue weighted by Gasteiger charge is 2.30. The maximum atomic E-state index is 14.3. The summed E-state index contributed by atoms with van der Waals surface area (Å²) in [6.45, 7) is 0.573. The lowest BCUT2D eigenvalue weighted by molar-refractivity contribution is 0.0598. The van der Waals surface area contributed by atoms with Crippen LogP contribution in [-0.4, -0.2) is 57.9 Å². The van der Waals surface area contributed by atoms with Crippen LogP contribution in [-0.2, 0) is 19.5 Å². The lowest BCUT2D eigenvalue weighted by Crippen LogP contribution is -2.29. The number of nitrogens with zero attached hydrogens (tertiary/aromatic N) is 1. The van der Waals surface area contributed by atoms with Crippen molar-refractivity contribution >= 4 is 33.6 Å². The third kappa shape index (κ3) is 4.78. The van der Waals surface area contributed by atoms with Gasteiger partial charge in [0.2, 0.25) is 10.0 Å². The Morgan fingerprint density at radius 1 is 0.906 bits per heavy atom. The molecule has 1 aliphatic heterocycles. The summed E-state index contributed by atoms with van der Waals surface area (Å²) >= 11 is 0. The van der Waals surface area contributed by atoms with Gasteiger partial charge in [0.15, 0.2) is 0 Å². The van der Waals surface area contributed by atoms with E-state index in [4.69, 9.17) is 0 Å². The van der Waals surface area contributed by atoms with Gasteiger partial charge in [0.05, 0.1) is 25.3 Å². The third-order valence-corrected chi connectivity index (χ3v) is 6.82. The van der Waals surface area contributed by atoms with Crippen LogP contribution in [0.5, 0.6) is 0 Å². The molecule has 0 saturated carbocycles. The molecule has 0 aromatic heterocycles. The molecule has 1 fully saturated rings. The number of hydrogen-bond donors (Lipinski definition) is 1. The summed E-state index contributed by atoms with van der Waals surface area (Å²) in [6.07, 6.45) is 1.36. The van der Waals surface area contributed by atoms with E-state index >= 15 is 0 Å². The molecule has 2 aromatic carbocycles. The van der Waals surface area contributed by atoms with Gasteiger partial charge in [-0.2, -0.15) is 4.31 Å². The number of ether oxygens (including phenoxy) is 2. The molecule has 9 nitrogen and oxygen atoms in total. The summed E-state index contributed by atoms with van der Waals surface area (Å²) in [5, 5.41) is 2.48. The number of hydrogen-bond acceptors (Lipinski definition) is 7. The standard InChI is InChI=1S/C21H21FN2O7S/c1-30-20(26)14-9-15(21(27)31-2)11-16(10-14)23-19(25)13-5-6-17(22)18(12-13)32(28,29)24-7-3-4-8-24/h5-6,9-12H,3-4,7-8H2,1-2H3,(H,23,25). The fourth-order valence-corrected chi connectivity index (χ4v) is 4.89. The molecule has 1 aliphatic rings. The smallest absolute Gasteiger partial charge is 0.337 e. The highest BCUT2D eigenvalue weighted by molar-refractivity contribution is 7.89. The molecule has 0 aliphatic carbocycles. The Bertz CT molecular complexity index is 1140. The minimum Gasteiger partial charge on any atom is -0.465 e. The van der Waals surface area contributed by atoms with E-state index in [9.17, 15) is 27.2 Å². The first kappa shape index (κ1) is 23.4. The molecule has 0 spiro atoms. The van der Waals surface area contributed by atoms with Crippen molar-refractivity contribution in [2.75, 3.05) is 32.6 Å². The van der Waals surface area contributed by atoms with E-state index in [-0.39, 0.29) is 35.5 Å². The minimum absolute atomic E-state index is 0.0119. The second-order valence-corrected chi connectivity index (χ2v) is 8.90. The van der Waals surface area contributed by atoms with Gasteiger partial charge in [-0.25, -0.2) is 22.4 Å². The molecule has 3 rings (SSSR count). The number of rotatable bonds is 6. The number of halogens is 1. The summed E-state index contributed by atoms with van der Waals surface area (Å²) < 4.78 is 50.3. The van der Waals surface area contributed by atoms with Gasteiger partial charge >= 0.3 is 11.9 Å². The number of carbonyl (C=O) groups is 3. The molecule has 1 heterocycles. The summed E-state index contributed by atoms with van der Waals surface area (Å²) in [5.74, 6) is -3.21. The number of anilines is 1. The molecule has 11 heteroatoms. The van der Waals surface area contributed by atoms with Crippen molar-refractivity contribution in [2.24, 2.45) is 0 Å². The van der Waals surface area contributed by atoms with Crippen molar-refractivity contribution in [2.45, 2.75) is 17.7 Å². The predicted octanol–water partition coefficient (Wildman–Crippen LogP) is 2.44. The van der Waals surface area contributed by atoms with Crippen LogP contribution in [0.3, 0.4) is 0 Å². The van der Waals surface area contributed by atoms with E-state index in [1.54, 1.807) is 0 Å². The highest BCUT2D eigenvalue weighted by Crippen LogP contribution is 2.25. The number of benzene rings is 2. The molecule has 2 aromatic rings. The number of sulfonamides is 1. The molecule has 1 amide bonds. The zero-order chi connectivity index (χ0) is 23.5. The van der Waals surface area contributed by atoms with Crippen LogP contribution in [0.2, 0.25) is 0 Å². The molecule has 170 valence electrons. The van der Waals surface area contributed by atoms with Crippen LogP contribution >= 0.6 is 0 Å². The topological polar surface area (TPSA) is 119 Å². The molecule has 1 saturated heterocycles. The Labute approximate surface area is 184 Å². The number of nitrogens with one attached hydrogen (secondary N) is 1. The van der Waals surface area contributed by atoms with E-state index in [0.717, 1.165) is 32.4 Å². The number of amides is 1. The van der Waals surface area contributed by atoms with Gasteiger partial charge in [-0.05, 0) is 49.2 Å². The Hall–Kier alpha value is -3.31. The first-order chi connectivity index (χ1) is 15.2. The monoisotopic (exact) mass is 464 g/mol. The number of esters is 2. The summed E-state index contributed by atoms with van der Waals surface area (Å²) in [7, 11) is -1.77. The first-order valence-electron chi connectivity index (χ1n) is 9.60. The van der Waals surface area contributed by atoms with Gasteiger partial charge in [0.25, 0.3) is 5.91 Å². The SMILES string of the molecule is COC(=O)c1cc(NC(=O)c2ccc(F)c(S(=O)(=O)N3CCCC3)c2)cc(C(=O)OC)c1. The molecular formula is C21H21FN2O7S. The molecule has 0 atom stereocenters. The van der Waals surface area contributed by atoms with Crippen molar-refractivity contribution < 1.29 is 36.7 Å². The molecule has 32 heavy (non-hydrogen) atoms. The fraction of sp³-hybridized carbons (Fsp3) is 0.286. The average Bonchev–Trinajstić information content (AvgIpc) is 3.33. The lowest BCUT2D eigenvalue weighted by Gasteiger charge is -2.16. The third-order valence-electron chi connectivity index (χ3n) is 4.91. The van der Waals surface area contributed by atoms with Crippen LogP contribution in [0.1, 0.15) is 43.9 Å². The van der Waals surface area contributed by atoms with Crippen molar-refractivity contribution in [1.29, 1.82) is 0 Å². The highest BCUT2D eigenvalue weighted by atomic mass is 32.2. The molecular weight excluding hydrogens is 443 g/mol. The van der Waals surface area contributed by atoms with Crippen LogP contribution < -0.4 is 5.32 Å². The largest absolute Gasteiger partial charge is 0.465 e. The Balaban J connectivity index is 1.94. The normalized spacial score (nSPS) is 14.1. The van der Waals surface area contributed by atoms with Gasteiger partial charge < -0.3 is 14.8 Å². The summed E-state index contributed by atoms with van der Waals surface area (Å²) in [5.41, 5.74) is -0.0805. The van der Waals surface area contributed by atoms with Crippen LogP contribution in [0.15, 0.2) is 41.3 Å². The maximum absolute atomic E-state index is 14.3. The fourth-order valence-electron chi connectivity index (χ4n) is 3.28. The van der Waals surface area contributed by atoms with Crippen molar-refractivity contribution in [3.63, 3.8) is 0 Å². The van der Waals surface area contributed by atoms with Crippen molar-refractivity contribution in [3.05, 3.63) is 58.9 Å². The van der Waals surface area contributed by atoms with Gasteiger partial charge in [0, 0.05) is 24.3 Å². The summed E-state index contributed by atoms with van der Waals surface area (Å²) in [6, 6.07) is 6.81. The van der Waals surface area contributed by atoms with Crippen molar-refractivity contribution in [1.82, 2.24) is 4.31 Å². The van der Waals surface area contributed by atoms with Crippen LogP contribution in [0.25, 0.3) is 0 Å². The molecule has 0 unspecified atom stereocenters. The van der Waals surface area contributed by atoms with Gasteiger partial charge in [-0.15, -0.1) is 0 Å². The number of carbonyl (C=O) groups excluding carboxylic acids is 3.